The third-order valence-corrected chi connectivity index (χ3v) is 1.73. The number of hydrogen-bond donors (Lipinski definition) is 1. The first-order chi connectivity index (χ1) is 5.36. The van der Waals surface area contributed by atoms with E-state index in [2.05, 4.69) is 5.43 Å². The monoisotopic (exact) mass is 170 g/mol. The van der Waals surface area contributed by atoms with Gasteiger partial charge in [-0.1, -0.05) is 18.2 Å². The highest BCUT2D eigenvalue weighted by Gasteiger charge is 2.13. The fourth-order valence-electron chi connectivity index (χ4n) is 1.00. The lowest BCUT2D eigenvalue weighted by Gasteiger charge is -2.22. The molecule has 58 valence electrons. The van der Waals surface area contributed by atoms with Gasteiger partial charge in [0.2, 0.25) is 0 Å². The standard InChI is InChI=1S/C7H7ClN2O/c8-10-9-5-6-3-1-2-4-7(6)11-10/h1-4,9H,5H2. The van der Waals surface area contributed by atoms with E-state index in [0.717, 1.165) is 16.0 Å². The van der Waals surface area contributed by atoms with Crippen molar-refractivity contribution in [2.45, 2.75) is 6.54 Å². The number of halogens is 1. The molecule has 0 unspecified atom stereocenters. The molecule has 0 aromatic heterocycles. The molecule has 1 N–H and O–H groups in total. The predicted octanol–water partition coefficient (Wildman–Crippen LogP) is 1.45. The summed E-state index contributed by atoms with van der Waals surface area (Å²) in [7, 11) is 0. The van der Waals surface area contributed by atoms with E-state index in [1.165, 1.54) is 0 Å². The van der Waals surface area contributed by atoms with Gasteiger partial charge in [-0.25, -0.2) is 5.43 Å². The SMILES string of the molecule is ClN1NCc2ccccc2O1. The predicted molar refractivity (Wildman–Crippen MR) is 41.6 cm³/mol. The van der Waals surface area contributed by atoms with Crippen LogP contribution in [0.3, 0.4) is 0 Å². The van der Waals surface area contributed by atoms with Gasteiger partial charge in [0.05, 0.1) is 0 Å². The molecule has 1 heterocycles. The zero-order valence-corrected chi connectivity index (χ0v) is 6.51. The van der Waals surface area contributed by atoms with Crippen LogP contribution >= 0.6 is 11.8 Å². The first-order valence-electron chi connectivity index (χ1n) is 3.31. The summed E-state index contributed by atoms with van der Waals surface area (Å²) >= 11 is 5.54. The summed E-state index contributed by atoms with van der Waals surface area (Å²) in [5, 5.41) is 0. The average Bonchev–Trinajstić information content (AvgIpc) is 2.04. The van der Waals surface area contributed by atoms with E-state index in [-0.39, 0.29) is 0 Å². The minimum absolute atomic E-state index is 0.708. The van der Waals surface area contributed by atoms with Crippen molar-refractivity contribution in [1.82, 2.24) is 10.1 Å². The van der Waals surface area contributed by atoms with Crippen molar-refractivity contribution in [2.75, 3.05) is 0 Å². The van der Waals surface area contributed by atoms with Gasteiger partial charge in [-0.15, -0.1) is 0 Å². The average molecular weight is 171 g/mol. The second-order valence-corrected chi connectivity index (χ2v) is 2.59. The van der Waals surface area contributed by atoms with Crippen LogP contribution in [0, 0.1) is 0 Å². The summed E-state index contributed by atoms with van der Waals surface area (Å²) in [4.78, 5) is 5.12. The molecule has 0 atom stereocenters. The Balaban J connectivity index is 2.34. The van der Waals surface area contributed by atoms with Crippen molar-refractivity contribution >= 4 is 11.8 Å². The molecule has 0 amide bonds. The van der Waals surface area contributed by atoms with Crippen LogP contribution in [0.25, 0.3) is 0 Å². The molecule has 11 heavy (non-hydrogen) atoms. The van der Waals surface area contributed by atoms with E-state index in [1.54, 1.807) is 0 Å². The highest BCUT2D eigenvalue weighted by Crippen LogP contribution is 2.22. The summed E-state index contributed by atoms with van der Waals surface area (Å²) in [6.45, 7) is 0.708. The summed E-state index contributed by atoms with van der Waals surface area (Å²) in [5.41, 5.74) is 3.93. The maximum Gasteiger partial charge on any atom is 0.155 e. The maximum atomic E-state index is 5.54. The van der Waals surface area contributed by atoms with Crippen molar-refractivity contribution in [2.24, 2.45) is 0 Å². The molecule has 1 aromatic rings. The van der Waals surface area contributed by atoms with Crippen LogP contribution in [0.5, 0.6) is 5.75 Å². The van der Waals surface area contributed by atoms with Crippen LogP contribution in [0.2, 0.25) is 0 Å². The normalized spacial score (nSPS) is 17.2. The number of para-hydroxylation sites is 1. The smallest absolute Gasteiger partial charge is 0.155 e. The largest absolute Gasteiger partial charge is 0.375 e. The lowest BCUT2D eigenvalue weighted by atomic mass is 10.2. The number of fused-ring (bicyclic) bond motifs is 1. The van der Waals surface area contributed by atoms with Crippen molar-refractivity contribution in [3.8, 4) is 5.75 Å². The molecule has 0 bridgehead atoms. The molecule has 0 saturated heterocycles. The van der Waals surface area contributed by atoms with Gasteiger partial charge in [-0.05, 0) is 6.07 Å². The van der Waals surface area contributed by atoms with E-state index in [0.29, 0.717) is 6.54 Å². The third kappa shape index (κ3) is 1.30. The minimum Gasteiger partial charge on any atom is -0.375 e. The van der Waals surface area contributed by atoms with Crippen LogP contribution in [-0.4, -0.2) is 4.69 Å². The maximum absolute atomic E-state index is 5.54. The van der Waals surface area contributed by atoms with Gasteiger partial charge in [0.15, 0.2) is 5.75 Å². The Labute approximate surface area is 69.6 Å². The number of nitrogens with zero attached hydrogens (tertiary/aromatic N) is 1. The molecular formula is C7H7ClN2O. The van der Waals surface area contributed by atoms with Gasteiger partial charge in [0.1, 0.15) is 0 Å². The van der Waals surface area contributed by atoms with Crippen LogP contribution in [0.1, 0.15) is 5.56 Å². The summed E-state index contributed by atoms with van der Waals surface area (Å²) in [5.74, 6) is 0.807. The van der Waals surface area contributed by atoms with E-state index < -0.39 is 0 Å². The lowest BCUT2D eigenvalue weighted by Crippen LogP contribution is -2.36. The minimum atomic E-state index is 0.708. The molecule has 0 fully saturated rings. The van der Waals surface area contributed by atoms with Gasteiger partial charge in [-0.3, -0.25) is 0 Å². The van der Waals surface area contributed by atoms with Gasteiger partial charge in [-0.2, -0.15) is 0 Å². The fraction of sp³-hybridized carbons (Fsp3) is 0.143. The van der Waals surface area contributed by atoms with Crippen molar-refractivity contribution < 1.29 is 4.84 Å². The van der Waals surface area contributed by atoms with E-state index in [9.17, 15) is 0 Å². The van der Waals surface area contributed by atoms with Crippen LogP contribution in [0.15, 0.2) is 24.3 Å². The third-order valence-electron chi connectivity index (χ3n) is 1.54. The Morgan fingerprint density at radius 3 is 3.18 bits per heavy atom. The molecule has 0 aliphatic carbocycles. The topological polar surface area (TPSA) is 24.5 Å². The number of rotatable bonds is 0. The highest BCUT2D eigenvalue weighted by atomic mass is 35.5. The zero-order valence-electron chi connectivity index (χ0n) is 5.75. The van der Waals surface area contributed by atoms with E-state index in [4.69, 9.17) is 16.6 Å². The number of nitrogens with one attached hydrogen (secondary N) is 1. The molecule has 1 aliphatic heterocycles. The van der Waals surface area contributed by atoms with Gasteiger partial charge in [0.25, 0.3) is 0 Å². The highest BCUT2D eigenvalue weighted by molar-refractivity contribution is 6.12. The second-order valence-electron chi connectivity index (χ2n) is 2.28. The molecule has 3 nitrogen and oxygen atoms in total. The van der Waals surface area contributed by atoms with Crippen LogP contribution < -0.4 is 10.3 Å². The Kier molecular flexibility index (Phi) is 1.69. The van der Waals surface area contributed by atoms with Crippen molar-refractivity contribution in [1.29, 1.82) is 0 Å². The number of hydrazine groups is 1. The number of benzene rings is 1. The Morgan fingerprint density at radius 1 is 1.45 bits per heavy atom. The summed E-state index contributed by atoms with van der Waals surface area (Å²) < 4.78 is 1.09. The van der Waals surface area contributed by atoms with Gasteiger partial charge in [0, 0.05) is 28.6 Å². The second kappa shape index (κ2) is 2.70. The Morgan fingerprint density at radius 2 is 2.27 bits per heavy atom. The Bertz CT molecular complexity index is 266. The molecular weight excluding hydrogens is 164 g/mol. The fourth-order valence-corrected chi connectivity index (χ4v) is 1.14. The molecule has 4 heteroatoms. The Hall–Kier alpha value is -0.770. The van der Waals surface area contributed by atoms with Gasteiger partial charge >= 0.3 is 0 Å². The molecule has 0 saturated carbocycles. The summed E-state index contributed by atoms with van der Waals surface area (Å²) in [6.07, 6.45) is 0. The zero-order chi connectivity index (χ0) is 7.68. The van der Waals surface area contributed by atoms with Crippen molar-refractivity contribution in [3.63, 3.8) is 0 Å². The molecule has 1 aliphatic rings. The first-order valence-corrected chi connectivity index (χ1v) is 3.65. The molecule has 2 rings (SSSR count). The van der Waals surface area contributed by atoms with E-state index >= 15 is 0 Å². The van der Waals surface area contributed by atoms with Crippen LogP contribution in [0.4, 0.5) is 0 Å². The first kappa shape index (κ1) is 6.91. The molecule has 1 aromatic carbocycles. The van der Waals surface area contributed by atoms with Crippen LogP contribution in [-0.2, 0) is 6.54 Å². The van der Waals surface area contributed by atoms with E-state index in [1.807, 2.05) is 24.3 Å². The lowest BCUT2D eigenvalue weighted by molar-refractivity contribution is -0.0288. The number of hydrogen-bond acceptors (Lipinski definition) is 3. The molecule has 0 spiro atoms. The van der Waals surface area contributed by atoms with Crippen molar-refractivity contribution in [3.05, 3.63) is 29.8 Å². The molecule has 0 radical (unpaired) electrons. The summed E-state index contributed by atoms with van der Waals surface area (Å²) in [6, 6.07) is 7.75. The quantitative estimate of drug-likeness (QED) is 0.597. The van der Waals surface area contributed by atoms with Gasteiger partial charge < -0.3 is 4.84 Å².